The van der Waals surface area contributed by atoms with E-state index < -0.39 is 168 Å². The maximum atomic E-state index is 15.2. The second-order valence-corrected chi connectivity index (χ2v) is 26.4. The standard InChI is InChI=1S/C63H111N11O15/c1-25-26-27-37(12)52(77)51-57(82)68-48(42(17)89-43(18)76)62(87)69(19)40(15)59(84)73(23)50(41(16)75)56(81)67-44(28-32(2)3)60(85)71(21)46(30-34(6)7)54(79)64-38(13)53(78)65-39(14)58(83)70(20)47(31-35(8)9)55(80)66-45(29-33(4)5)61(86)72(22)49(36(10)11)63(88)74(51)24/h25-26,32-42,44-52,75,77H,27-31H2,1-24H3,(H,64,79)(H,65,78)(H,66,80)(H,67,81)(H,68,82)/t37-,38+,39-,40-,41?,42?,44+,45+,46?,47+,48+,49+,50+,51+,52-/m1/s1. The molecule has 0 aromatic carbocycles. The number of rotatable bonds is 16. The van der Waals surface area contributed by atoms with Crippen LogP contribution < -0.4 is 26.6 Å². The van der Waals surface area contributed by atoms with Crippen molar-refractivity contribution < 1.29 is 72.5 Å². The molecule has 11 amide bonds. The summed E-state index contributed by atoms with van der Waals surface area (Å²) in [6.07, 6.45) is -0.716. The molecule has 0 aromatic rings. The van der Waals surface area contributed by atoms with Crippen molar-refractivity contribution in [3.63, 3.8) is 0 Å². The highest BCUT2D eigenvalue weighted by atomic mass is 16.5. The zero-order valence-corrected chi connectivity index (χ0v) is 57.6. The van der Waals surface area contributed by atoms with Crippen LogP contribution in [0.4, 0.5) is 0 Å². The van der Waals surface area contributed by atoms with Gasteiger partial charge in [0.2, 0.25) is 65.0 Å². The van der Waals surface area contributed by atoms with Gasteiger partial charge in [0.05, 0.1) is 12.2 Å². The van der Waals surface area contributed by atoms with Crippen molar-refractivity contribution >= 4 is 70.9 Å². The maximum absolute atomic E-state index is 15.2. The van der Waals surface area contributed by atoms with Gasteiger partial charge in [0.1, 0.15) is 72.6 Å². The van der Waals surface area contributed by atoms with Crippen LogP contribution >= 0.6 is 0 Å². The molecule has 1 aliphatic rings. The molecule has 1 heterocycles. The van der Waals surface area contributed by atoms with Crippen LogP contribution in [0.1, 0.15) is 157 Å². The lowest BCUT2D eigenvalue weighted by Gasteiger charge is -2.40. The molecule has 7 N–H and O–H groups in total. The molecule has 508 valence electrons. The van der Waals surface area contributed by atoms with E-state index in [1.165, 1.54) is 81.8 Å². The predicted molar refractivity (Wildman–Crippen MR) is 336 cm³/mol. The Morgan fingerprint density at radius 2 is 0.876 bits per heavy atom. The third-order valence-electron chi connectivity index (χ3n) is 16.2. The Balaban J connectivity index is 4.47. The lowest BCUT2D eigenvalue weighted by Crippen LogP contribution is -2.65. The number of carbonyl (C=O) groups excluding carboxylic acids is 12. The van der Waals surface area contributed by atoms with Crippen LogP contribution in [0.2, 0.25) is 0 Å². The number of allylic oxidation sites excluding steroid dienone is 2. The summed E-state index contributed by atoms with van der Waals surface area (Å²) in [7, 11) is 7.80. The maximum Gasteiger partial charge on any atom is 0.302 e. The van der Waals surface area contributed by atoms with Gasteiger partial charge in [-0.25, -0.2) is 0 Å². The molecule has 0 saturated carbocycles. The average molecular weight is 1260 g/mol. The molecule has 89 heavy (non-hydrogen) atoms. The zero-order chi connectivity index (χ0) is 69.1. The number of esters is 1. The van der Waals surface area contributed by atoms with E-state index in [9.17, 15) is 58.2 Å². The smallest absolute Gasteiger partial charge is 0.302 e. The summed E-state index contributed by atoms with van der Waals surface area (Å²) in [6.45, 7) is 29.0. The van der Waals surface area contributed by atoms with E-state index in [-0.39, 0.29) is 55.8 Å². The normalized spacial score (nSPS) is 27.5. The van der Waals surface area contributed by atoms with E-state index in [1.54, 1.807) is 53.7 Å². The molecule has 1 aliphatic heterocycles. The lowest BCUT2D eigenvalue weighted by atomic mass is 9.91. The molecule has 26 nitrogen and oxygen atoms in total. The first-order valence-electron chi connectivity index (χ1n) is 31.2. The number of aliphatic hydroxyl groups is 2. The van der Waals surface area contributed by atoms with Gasteiger partial charge in [-0.15, -0.1) is 0 Å². The first-order chi connectivity index (χ1) is 41.0. The van der Waals surface area contributed by atoms with Crippen molar-refractivity contribution in [3.8, 4) is 0 Å². The van der Waals surface area contributed by atoms with Crippen LogP contribution in [0.5, 0.6) is 0 Å². The number of nitrogens with one attached hydrogen (secondary N) is 5. The van der Waals surface area contributed by atoms with Crippen molar-refractivity contribution in [3.05, 3.63) is 12.2 Å². The van der Waals surface area contributed by atoms with E-state index >= 15 is 9.59 Å². The summed E-state index contributed by atoms with van der Waals surface area (Å²) < 4.78 is 5.47. The van der Waals surface area contributed by atoms with E-state index in [2.05, 4.69) is 26.6 Å². The summed E-state index contributed by atoms with van der Waals surface area (Å²) in [5.74, 6) is -12.2. The van der Waals surface area contributed by atoms with Gasteiger partial charge in [-0.1, -0.05) is 88.3 Å². The molecule has 0 bridgehead atoms. The topological polar surface area (TPSA) is 334 Å². The first-order valence-corrected chi connectivity index (χ1v) is 31.2. The fourth-order valence-corrected chi connectivity index (χ4v) is 11.0. The zero-order valence-electron chi connectivity index (χ0n) is 57.6. The van der Waals surface area contributed by atoms with Gasteiger partial charge in [-0.2, -0.15) is 0 Å². The Morgan fingerprint density at radius 3 is 1.31 bits per heavy atom. The van der Waals surface area contributed by atoms with E-state index in [0.29, 0.717) is 0 Å². The molecule has 1 fully saturated rings. The number of amides is 11. The van der Waals surface area contributed by atoms with E-state index in [4.69, 9.17) is 4.74 Å². The summed E-state index contributed by atoms with van der Waals surface area (Å²) in [6, 6.07) is -15.7. The minimum Gasteiger partial charge on any atom is -0.460 e. The quantitative estimate of drug-likeness (QED) is 0.0853. The summed E-state index contributed by atoms with van der Waals surface area (Å²) in [5, 5.41) is 36.8. The molecule has 1 saturated heterocycles. The number of carbonyl (C=O) groups is 12. The van der Waals surface area contributed by atoms with Crippen LogP contribution in [0.3, 0.4) is 0 Å². The molecule has 26 heteroatoms. The summed E-state index contributed by atoms with van der Waals surface area (Å²) in [5.41, 5.74) is 0. The number of hydrogen-bond donors (Lipinski definition) is 7. The molecule has 15 atom stereocenters. The number of ether oxygens (including phenoxy) is 1. The molecule has 0 spiro atoms. The summed E-state index contributed by atoms with van der Waals surface area (Å²) in [4.78, 5) is 180. The second kappa shape index (κ2) is 36.2. The van der Waals surface area contributed by atoms with Gasteiger partial charge in [-0.3, -0.25) is 57.5 Å². The Kier molecular flexibility index (Phi) is 32.7. The van der Waals surface area contributed by atoms with Gasteiger partial charge < -0.3 is 70.9 Å². The number of likely N-dealkylation sites (N-methyl/N-ethyl adjacent to an activating group) is 6. The molecule has 0 radical (unpaired) electrons. The van der Waals surface area contributed by atoms with Crippen molar-refractivity contribution in [1.82, 2.24) is 56.0 Å². The number of nitrogens with zero attached hydrogens (tertiary/aromatic N) is 6. The average Bonchev–Trinajstić information content (AvgIpc) is 1.23. The highest BCUT2D eigenvalue weighted by molar-refractivity contribution is 6.00. The van der Waals surface area contributed by atoms with E-state index in [1.807, 2.05) is 41.5 Å². The fraction of sp³-hybridized carbons (Fsp3) is 0.778. The van der Waals surface area contributed by atoms with Gasteiger partial charge in [0.15, 0.2) is 0 Å². The largest absolute Gasteiger partial charge is 0.460 e. The van der Waals surface area contributed by atoms with Crippen LogP contribution in [-0.4, -0.2) is 238 Å². The molecule has 1 rings (SSSR count). The lowest BCUT2D eigenvalue weighted by molar-refractivity contribution is -0.158. The Labute approximate surface area is 529 Å². The number of aliphatic hydroxyl groups excluding tert-OH is 2. The third kappa shape index (κ3) is 22.9. The summed E-state index contributed by atoms with van der Waals surface area (Å²) >= 11 is 0. The Bertz CT molecular complexity index is 2490. The molecule has 3 unspecified atom stereocenters. The van der Waals surface area contributed by atoms with E-state index in [0.717, 1.165) is 31.4 Å². The predicted octanol–water partition coefficient (Wildman–Crippen LogP) is 1.58. The first kappa shape index (κ1) is 80.3. The Hall–Kier alpha value is -6.70. The van der Waals surface area contributed by atoms with Gasteiger partial charge in [0, 0.05) is 49.2 Å². The van der Waals surface area contributed by atoms with Crippen molar-refractivity contribution in [2.24, 2.45) is 35.5 Å². The van der Waals surface area contributed by atoms with Crippen molar-refractivity contribution in [2.45, 2.75) is 242 Å². The molecule has 0 aromatic heterocycles. The van der Waals surface area contributed by atoms with Gasteiger partial charge >= 0.3 is 5.97 Å². The Morgan fingerprint density at radius 1 is 0.472 bits per heavy atom. The minimum atomic E-state index is -1.81. The highest BCUT2D eigenvalue weighted by Crippen LogP contribution is 2.24. The van der Waals surface area contributed by atoms with Crippen molar-refractivity contribution in [1.29, 1.82) is 0 Å². The minimum absolute atomic E-state index is 0.0256. The van der Waals surface area contributed by atoms with Crippen LogP contribution in [-0.2, 0) is 62.3 Å². The van der Waals surface area contributed by atoms with Crippen LogP contribution in [0.15, 0.2) is 12.2 Å². The third-order valence-corrected chi connectivity index (χ3v) is 16.2. The fourth-order valence-electron chi connectivity index (χ4n) is 11.0. The van der Waals surface area contributed by atoms with Gasteiger partial charge in [-0.05, 0) is 109 Å². The SMILES string of the molecule is CC=CC[C@@H](C)[C@@H](O)[C@H]1C(=O)N[C@@H](C(C)OC(C)=O)C(=O)N(C)[C@H](C)C(=O)N(C)[C@@H](C(C)O)C(=O)N[C@@H](CC(C)C)C(=O)N(C)C(CC(C)C)C(=O)N[C@@H](C)C(=O)N[C@H](C)C(=O)N(C)[C@@H](CC(C)C)C(=O)N[C@@H](CC(C)C)C(=O)N(C)[C@@H](C(C)C)C(=O)N1C. The van der Waals surface area contributed by atoms with Crippen LogP contribution in [0, 0.1) is 35.5 Å². The second-order valence-electron chi connectivity index (χ2n) is 26.4. The molecule has 0 aliphatic carbocycles. The van der Waals surface area contributed by atoms with Crippen LogP contribution in [0.25, 0.3) is 0 Å². The highest BCUT2D eigenvalue weighted by Gasteiger charge is 2.46. The number of hydrogen-bond acceptors (Lipinski definition) is 15. The monoisotopic (exact) mass is 1260 g/mol. The molecular formula is C63H111N11O15. The van der Waals surface area contributed by atoms with Gasteiger partial charge in [0.25, 0.3) is 0 Å². The molecular weight excluding hydrogens is 1150 g/mol. The van der Waals surface area contributed by atoms with Crippen molar-refractivity contribution in [2.75, 3.05) is 42.3 Å².